The van der Waals surface area contributed by atoms with Gasteiger partial charge in [-0.15, -0.1) is 0 Å². The molecular weight excluding hydrogens is 226 g/mol. The van der Waals surface area contributed by atoms with Crippen molar-refractivity contribution in [2.45, 2.75) is 6.42 Å². The maximum atomic E-state index is 10.8. The fourth-order valence-electron chi connectivity index (χ4n) is 1.18. The van der Waals surface area contributed by atoms with Gasteiger partial charge in [0.1, 0.15) is 0 Å². The van der Waals surface area contributed by atoms with Gasteiger partial charge in [0, 0.05) is 0 Å². The quantitative estimate of drug-likeness (QED) is 0.759. The maximum absolute atomic E-state index is 10.8. The fourth-order valence-corrected chi connectivity index (χ4v) is 1.18. The van der Waals surface area contributed by atoms with Crippen LogP contribution in [0.5, 0.6) is 11.5 Å². The summed E-state index contributed by atoms with van der Waals surface area (Å²) >= 11 is 0. The highest BCUT2D eigenvalue weighted by Gasteiger charge is 2.10. The number of ether oxygens (including phenoxy) is 2. The molecule has 0 atom stereocenters. The molecule has 0 aliphatic rings. The zero-order valence-corrected chi connectivity index (χ0v) is 9.30. The Kier molecular flexibility index (Phi) is 4.33. The van der Waals surface area contributed by atoms with Gasteiger partial charge in [0.25, 0.3) is 0 Å². The molecule has 0 aromatic heterocycles. The minimum Gasteiger partial charge on any atom is -0.493 e. The highest BCUT2D eigenvalue weighted by molar-refractivity contribution is 5.88. The van der Waals surface area contributed by atoms with E-state index in [0.717, 1.165) is 0 Å². The Bertz CT molecular complexity index is 430. The van der Waals surface area contributed by atoms with Crippen molar-refractivity contribution in [2.24, 2.45) is 5.73 Å². The molecule has 0 bridgehead atoms. The minimum atomic E-state index is -1.06. The molecular formula is C11H13NO5. The molecule has 92 valence electrons. The van der Waals surface area contributed by atoms with Crippen LogP contribution in [0.2, 0.25) is 0 Å². The van der Waals surface area contributed by atoms with Gasteiger partial charge in [-0.2, -0.15) is 0 Å². The number of carbonyl (C=O) groups is 2. The molecule has 0 spiro atoms. The van der Waals surface area contributed by atoms with Crippen LogP contribution in [0, 0.1) is 0 Å². The summed E-state index contributed by atoms with van der Waals surface area (Å²) in [5.41, 5.74) is 5.04. The summed E-state index contributed by atoms with van der Waals surface area (Å²) in [6.07, 6.45) is 0.0560. The van der Waals surface area contributed by atoms with E-state index in [-0.39, 0.29) is 24.3 Å². The lowest BCUT2D eigenvalue weighted by molar-refractivity contribution is -0.118. The molecule has 0 aliphatic carbocycles. The molecule has 0 saturated heterocycles. The van der Waals surface area contributed by atoms with Crippen LogP contribution in [0.25, 0.3) is 0 Å². The third-order valence-electron chi connectivity index (χ3n) is 2.02. The Labute approximate surface area is 97.9 Å². The first-order valence-electron chi connectivity index (χ1n) is 4.87. The second kappa shape index (κ2) is 5.74. The van der Waals surface area contributed by atoms with E-state index in [0.29, 0.717) is 5.75 Å². The Hall–Kier alpha value is -2.24. The van der Waals surface area contributed by atoms with Crippen molar-refractivity contribution < 1.29 is 24.2 Å². The van der Waals surface area contributed by atoms with Gasteiger partial charge in [-0.05, 0) is 18.2 Å². The lowest BCUT2D eigenvalue weighted by Crippen LogP contribution is -2.14. The van der Waals surface area contributed by atoms with Gasteiger partial charge in [-0.1, -0.05) is 0 Å². The average Bonchev–Trinajstić information content (AvgIpc) is 2.28. The number of hydrogen-bond donors (Lipinski definition) is 2. The van der Waals surface area contributed by atoms with Crippen LogP contribution in [-0.2, 0) is 4.79 Å². The van der Waals surface area contributed by atoms with E-state index in [1.807, 2.05) is 0 Å². The normalized spacial score (nSPS) is 9.71. The molecule has 0 fully saturated rings. The van der Waals surface area contributed by atoms with Crippen LogP contribution in [0.4, 0.5) is 0 Å². The Morgan fingerprint density at radius 2 is 2.06 bits per heavy atom. The van der Waals surface area contributed by atoms with E-state index in [4.69, 9.17) is 20.3 Å². The molecule has 1 aromatic rings. The third kappa shape index (κ3) is 3.67. The molecule has 0 unspecified atom stereocenters. The minimum absolute atomic E-state index is 0.0560. The predicted molar refractivity (Wildman–Crippen MR) is 59.3 cm³/mol. The first kappa shape index (κ1) is 12.8. The molecule has 0 aliphatic heterocycles. The Balaban J connectivity index is 2.82. The molecule has 1 rings (SSSR count). The molecule has 1 aromatic carbocycles. The number of amides is 1. The summed E-state index contributed by atoms with van der Waals surface area (Å²) < 4.78 is 10.2. The van der Waals surface area contributed by atoms with Gasteiger partial charge in [0.15, 0.2) is 11.5 Å². The van der Waals surface area contributed by atoms with E-state index in [9.17, 15) is 9.59 Å². The lowest BCUT2D eigenvalue weighted by Gasteiger charge is -2.10. The Morgan fingerprint density at radius 3 is 2.59 bits per heavy atom. The van der Waals surface area contributed by atoms with Gasteiger partial charge < -0.3 is 20.3 Å². The fraction of sp³-hybridized carbons (Fsp3) is 0.273. The topological polar surface area (TPSA) is 98.8 Å². The zero-order chi connectivity index (χ0) is 12.8. The molecule has 6 heteroatoms. The van der Waals surface area contributed by atoms with Crippen molar-refractivity contribution in [3.63, 3.8) is 0 Å². The van der Waals surface area contributed by atoms with Crippen molar-refractivity contribution in [1.82, 2.24) is 0 Å². The van der Waals surface area contributed by atoms with Crippen LogP contribution >= 0.6 is 0 Å². The highest BCUT2D eigenvalue weighted by atomic mass is 16.5. The van der Waals surface area contributed by atoms with Gasteiger partial charge >= 0.3 is 5.97 Å². The van der Waals surface area contributed by atoms with E-state index in [2.05, 4.69) is 0 Å². The molecule has 3 N–H and O–H groups in total. The number of benzene rings is 1. The van der Waals surface area contributed by atoms with E-state index >= 15 is 0 Å². The molecule has 0 radical (unpaired) electrons. The predicted octanol–water partition coefficient (Wildman–Crippen LogP) is 0.648. The second-order valence-corrected chi connectivity index (χ2v) is 3.24. The number of carboxylic acid groups (broad SMARTS) is 1. The molecule has 6 nitrogen and oxygen atoms in total. The van der Waals surface area contributed by atoms with Crippen LogP contribution in [0.1, 0.15) is 16.8 Å². The smallest absolute Gasteiger partial charge is 0.335 e. The van der Waals surface area contributed by atoms with E-state index < -0.39 is 11.9 Å². The van der Waals surface area contributed by atoms with Crippen LogP contribution in [-0.4, -0.2) is 30.7 Å². The largest absolute Gasteiger partial charge is 0.493 e. The van der Waals surface area contributed by atoms with Crippen LogP contribution < -0.4 is 15.2 Å². The van der Waals surface area contributed by atoms with E-state index in [1.54, 1.807) is 0 Å². The zero-order valence-electron chi connectivity index (χ0n) is 9.30. The van der Waals surface area contributed by atoms with Crippen molar-refractivity contribution in [1.29, 1.82) is 0 Å². The number of primary amides is 1. The van der Waals surface area contributed by atoms with Crippen molar-refractivity contribution >= 4 is 11.9 Å². The monoisotopic (exact) mass is 239 g/mol. The van der Waals surface area contributed by atoms with Crippen LogP contribution in [0.3, 0.4) is 0 Å². The van der Waals surface area contributed by atoms with Gasteiger partial charge in [0.05, 0.1) is 25.7 Å². The molecule has 0 saturated carbocycles. The van der Waals surface area contributed by atoms with Crippen molar-refractivity contribution in [3.05, 3.63) is 23.8 Å². The number of methoxy groups -OCH3 is 1. The SMILES string of the molecule is COc1ccc(C(=O)O)cc1OCCC(N)=O. The van der Waals surface area contributed by atoms with Gasteiger partial charge in [-0.3, -0.25) is 4.79 Å². The second-order valence-electron chi connectivity index (χ2n) is 3.24. The lowest BCUT2D eigenvalue weighted by atomic mass is 10.2. The summed E-state index contributed by atoms with van der Waals surface area (Å²) in [4.78, 5) is 21.3. The van der Waals surface area contributed by atoms with Gasteiger partial charge in [0.2, 0.25) is 5.91 Å². The molecule has 0 heterocycles. The van der Waals surface area contributed by atoms with E-state index in [1.165, 1.54) is 25.3 Å². The van der Waals surface area contributed by atoms with Crippen LogP contribution in [0.15, 0.2) is 18.2 Å². The molecule has 1 amide bonds. The average molecular weight is 239 g/mol. The van der Waals surface area contributed by atoms with Gasteiger partial charge in [-0.25, -0.2) is 4.79 Å². The van der Waals surface area contributed by atoms with Crippen molar-refractivity contribution in [2.75, 3.05) is 13.7 Å². The number of rotatable bonds is 6. The Morgan fingerprint density at radius 1 is 1.35 bits per heavy atom. The molecule has 17 heavy (non-hydrogen) atoms. The number of hydrogen-bond acceptors (Lipinski definition) is 4. The number of carbonyl (C=O) groups excluding carboxylic acids is 1. The highest BCUT2D eigenvalue weighted by Crippen LogP contribution is 2.28. The maximum Gasteiger partial charge on any atom is 0.335 e. The summed E-state index contributed by atoms with van der Waals surface area (Å²) in [5.74, 6) is -0.876. The number of aromatic carboxylic acids is 1. The first-order chi connectivity index (χ1) is 8.04. The standard InChI is InChI=1S/C11H13NO5/c1-16-8-3-2-7(11(14)15)6-9(8)17-5-4-10(12)13/h2-3,6H,4-5H2,1H3,(H2,12,13)(H,14,15). The summed E-state index contributed by atoms with van der Waals surface area (Å²) in [6, 6.07) is 4.23. The summed E-state index contributed by atoms with van der Waals surface area (Å²) in [7, 11) is 1.44. The number of nitrogens with two attached hydrogens (primary N) is 1. The van der Waals surface area contributed by atoms with Crippen molar-refractivity contribution in [3.8, 4) is 11.5 Å². The third-order valence-corrected chi connectivity index (χ3v) is 2.02. The number of carboxylic acids is 1. The summed E-state index contributed by atoms with van der Waals surface area (Å²) in [5, 5.41) is 8.82. The first-order valence-corrected chi connectivity index (χ1v) is 4.87. The summed E-state index contributed by atoms with van der Waals surface area (Å²) in [6.45, 7) is 0.0781.